The summed E-state index contributed by atoms with van der Waals surface area (Å²) in [5, 5.41) is 0. The third-order valence-corrected chi connectivity index (χ3v) is 3.87. The molecule has 4 heteroatoms. The number of ether oxygens (including phenoxy) is 1. The molecular formula is C16H21NO3. The first-order valence-corrected chi connectivity index (χ1v) is 7.15. The van der Waals surface area contributed by atoms with Gasteiger partial charge in [0, 0.05) is 5.69 Å². The van der Waals surface area contributed by atoms with Gasteiger partial charge in [0.15, 0.2) is 0 Å². The van der Waals surface area contributed by atoms with E-state index in [2.05, 4.69) is 6.92 Å². The Morgan fingerprint density at radius 2 is 1.95 bits per heavy atom. The van der Waals surface area contributed by atoms with Gasteiger partial charge in [0.05, 0.1) is 13.0 Å². The highest BCUT2D eigenvalue weighted by Gasteiger charge is 2.47. The molecule has 1 amide bonds. The van der Waals surface area contributed by atoms with Gasteiger partial charge in [-0.15, -0.1) is 0 Å². The van der Waals surface area contributed by atoms with E-state index >= 15 is 0 Å². The lowest BCUT2D eigenvalue weighted by Crippen LogP contribution is -2.62. The largest absolute Gasteiger partial charge is 0.497 e. The van der Waals surface area contributed by atoms with Crippen LogP contribution in [0, 0.1) is 5.92 Å². The molecule has 1 saturated heterocycles. The maximum atomic E-state index is 12.2. The summed E-state index contributed by atoms with van der Waals surface area (Å²) in [5.74, 6) is 0.661. The van der Waals surface area contributed by atoms with E-state index < -0.39 is 0 Å². The molecule has 2 atom stereocenters. The topological polar surface area (TPSA) is 46.6 Å². The number of carbonyl (C=O) groups is 2. The number of amides is 1. The van der Waals surface area contributed by atoms with Crippen molar-refractivity contribution in [1.82, 2.24) is 0 Å². The maximum Gasteiger partial charge on any atom is 0.233 e. The molecular weight excluding hydrogens is 254 g/mol. The molecule has 1 aromatic rings. The fraction of sp³-hybridized carbons (Fsp3) is 0.500. The van der Waals surface area contributed by atoms with Crippen LogP contribution in [0.25, 0.3) is 0 Å². The van der Waals surface area contributed by atoms with Crippen LogP contribution in [-0.2, 0) is 9.59 Å². The molecule has 1 fully saturated rings. The number of β-lactam (4-membered cyclic amide) rings is 1. The number of methoxy groups -OCH3 is 1. The first-order valence-electron chi connectivity index (χ1n) is 7.15. The van der Waals surface area contributed by atoms with Gasteiger partial charge in [0.25, 0.3) is 0 Å². The van der Waals surface area contributed by atoms with Crippen LogP contribution in [0.2, 0.25) is 0 Å². The second-order valence-electron chi connectivity index (χ2n) is 5.14. The minimum atomic E-state index is -0.312. The van der Waals surface area contributed by atoms with E-state index in [1.165, 1.54) is 0 Å². The smallest absolute Gasteiger partial charge is 0.233 e. The SMILES string of the molecule is CCCCC[C@H]1C(=O)N(c2ccc(OC)cc2)[C@H]1C=O. The van der Waals surface area contributed by atoms with Crippen LogP contribution >= 0.6 is 0 Å². The molecule has 1 aliphatic heterocycles. The molecule has 1 aliphatic rings. The molecule has 1 heterocycles. The zero-order valence-corrected chi connectivity index (χ0v) is 12.0. The first-order chi connectivity index (χ1) is 9.72. The molecule has 0 aromatic heterocycles. The second kappa shape index (κ2) is 6.55. The normalized spacial score (nSPS) is 21.5. The van der Waals surface area contributed by atoms with Crippen molar-refractivity contribution in [2.75, 3.05) is 12.0 Å². The van der Waals surface area contributed by atoms with Crippen molar-refractivity contribution < 1.29 is 14.3 Å². The number of hydrogen-bond donors (Lipinski definition) is 0. The van der Waals surface area contributed by atoms with Crippen molar-refractivity contribution in [3.05, 3.63) is 24.3 Å². The second-order valence-corrected chi connectivity index (χ2v) is 5.14. The fourth-order valence-corrected chi connectivity index (χ4v) is 2.68. The number of unbranched alkanes of at least 4 members (excludes halogenated alkanes) is 2. The minimum Gasteiger partial charge on any atom is -0.497 e. The molecule has 2 rings (SSSR count). The summed E-state index contributed by atoms with van der Waals surface area (Å²) in [5.41, 5.74) is 0.764. The molecule has 0 N–H and O–H groups in total. The van der Waals surface area contributed by atoms with Crippen LogP contribution < -0.4 is 9.64 Å². The molecule has 0 bridgehead atoms. The van der Waals surface area contributed by atoms with Crippen LogP contribution in [0.4, 0.5) is 5.69 Å². The highest BCUT2D eigenvalue weighted by atomic mass is 16.5. The predicted octanol–water partition coefficient (Wildman–Crippen LogP) is 2.81. The van der Waals surface area contributed by atoms with Gasteiger partial charge in [0.2, 0.25) is 5.91 Å². The van der Waals surface area contributed by atoms with Crippen molar-refractivity contribution in [3.63, 3.8) is 0 Å². The lowest BCUT2D eigenvalue weighted by atomic mass is 9.83. The van der Waals surface area contributed by atoms with Crippen LogP contribution in [0.1, 0.15) is 32.6 Å². The molecule has 20 heavy (non-hydrogen) atoms. The number of carbonyl (C=O) groups excluding carboxylic acids is 2. The van der Waals surface area contributed by atoms with Gasteiger partial charge in [-0.25, -0.2) is 0 Å². The van der Waals surface area contributed by atoms with Crippen LogP contribution in [0.5, 0.6) is 5.75 Å². The Morgan fingerprint density at radius 1 is 1.25 bits per heavy atom. The number of anilines is 1. The Morgan fingerprint density at radius 3 is 2.50 bits per heavy atom. The monoisotopic (exact) mass is 275 g/mol. The van der Waals surface area contributed by atoms with Crippen molar-refractivity contribution in [2.45, 2.75) is 38.6 Å². The molecule has 0 radical (unpaired) electrons. The zero-order chi connectivity index (χ0) is 14.5. The number of benzene rings is 1. The van der Waals surface area contributed by atoms with Crippen LogP contribution in [0.15, 0.2) is 24.3 Å². The Bertz CT molecular complexity index is 469. The van der Waals surface area contributed by atoms with Gasteiger partial charge in [-0.1, -0.05) is 26.2 Å². The van der Waals surface area contributed by atoms with Crippen LogP contribution in [0.3, 0.4) is 0 Å². The summed E-state index contributed by atoms with van der Waals surface area (Å²) in [4.78, 5) is 25.1. The van der Waals surface area contributed by atoms with E-state index in [9.17, 15) is 9.59 Å². The van der Waals surface area contributed by atoms with E-state index in [1.54, 1.807) is 24.1 Å². The number of rotatable bonds is 7. The van der Waals surface area contributed by atoms with Gasteiger partial charge in [-0.3, -0.25) is 4.79 Å². The summed E-state index contributed by atoms with van der Waals surface area (Å²) in [6, 6.07) is 6.92. The molecule has 0 spiro atoms. The summed E-state index contributed by atoms with van der Waals surface area (Å²) >= 11 is 0. The Balaban J connectivity index is 2.05. The van der Waals surface area contributed by atoms with Gasteiger partial charge in [0.1, 0.15) is 18.1 Å². The summed E-state index contributed by atoms with van der Waals surface area (Å²) in [6.45, 7) is 2.13. The van der Waals surface area contributed by atoms with Gasteiger partial charge >= 0.3 is 0 Å². The minimum absolute atomic E-state index is 0.0587. The highest BCUT2D eigenvalue weighted by Crippen LogP contribution is 2.35. The first kappa shape index (κ1) is 14.6. The summed E-state index contributed by atoms with van der Waals surface area (Å²) < 4.78 is 5.09. The molecule has 1 aromatic carbocycles. The number of hydrogen-bond acceptors (Lipinski definition) is 3. The average Bonchev–Trinajstić information content (AvgIpc) is 2.49. The molecule has 0 unspecified atom stereocenters. The standard InChI is InChI=1S/C16H21NO3/c1-3-4-5-6-14-15(11-18)17(16(14)19)12-7-9-13(20-2)10-8-12/h7-11,14-15H,3-6H2,1-2H3/t14-,15+/m1/s1. The van der Waals surface area contributed by atoms with E-state index in [1.807, 2.05) is 12.1 Å². The van der Waals surface area contributed by atoms with Crippen molar-refractivity contribution in [1.29, 1.82) is 0 Å². The Kier molecular flexibility index (Phi) is 4.77. The molecule has 0 saturated carbocycles. The van der Waals surface area contributed by atoms with Gasteiger partial charge < -0.3 is 14.4 Å². The lowest BCUT2D eigenvalue weighted by molar-refractivity contribution is -0.134. The summed E-state index contributed by atoms with van der Waals surface area (Å²) in [6.07, 6.45) is 4.94. The van der Waals surface area contributed by atoms with Crippen molar-refractivity contribution >= 4 is 17.9 Å². The highest BCUT2D eigenvalue weighted by molar-refractivity contribution is 6.08. The van der Waals surface area contributed by atoms with E-state index in [0.29, 0.717) is 0 Å². The maximum absolute atomic E-state index is 12.2. The third kappa shape index (κ3) is 2.69. The van der Waals surface area contributed by atoms with E-state index in [0.717, 1.165) is 43.4 Å². The van der Waals surface area contributed by atoms with E-state index in [4.69, 9.17) is 4.74 Å². The third-order valence-electron chi connectivity index (χ3n) is 3.87. The van der Waals surface area contributed by atoms with Crippen molar-refractivity contribution in [2.24, 2.45) is 5.92 Å². The van der Waals surface area contributed by atoms with Gasteiger partial charge in [-0.05, 0) is 30.7 Å². The molecule has 0 aliphatic carbocycles. The number of aldehydes is 1. The van der Waals surface area contributed by atoms with E-state index in [-0.39, 0.29) is 17.9 Å². The fourth-order valence-electron chi connectivity index (χ4n) is 2.68. The molecule has 4 nitrogen and oxygen atoms in total. The quantitative estimate of drug-likeness (QED) is 0.437. The van der Waals surface area contributed by atoms with Crippen LogP contribution in [-0.4, -0.2) is 25.3 Å². The van der Waals surface area contributed by atoms with Gasteiger partial charge in [-0.2, -0.15) is 0 Å². The average molecular weight is 275 g/mol. The molecule has 108 valence electrons. The predicted molar refractivity (Wildman–Crippen MR) is 78.0 cm³/mol. The Hall–Kier alpha value is -1.84. The lowest BCUT2D eigenvalue weighted by Gasteiger charge is -2.44. The number of nitrogens with zero attached hydrogens (tertiary/aromatic N) is 1. The Labute approximate surface area is 119 Å². The van der Waals surface area contributed by atoms with Crippen molar-refractivity contribution in [3.8, 4) is 5.75 Å². The zero-order valence-electron chi connectivity index (χ0n) is 12.0. The summed E-state index contributed by atoms with van der Waals surface area (Å²) in [7, 11) is 1.60.